The van der Waals surface area contributed by atoms with Crippen molar-refractivity contribution in [2.24, 2.45) is 0 Å². The first-order chi connectivity index (χ1) is 8.74. The topological polar surface area (TPSA) is 46.9 Å². The number of carbonyl (C=O) groups excluding carboxylic acids is 1. The molecule has 3 rings (SSSR count). The standard InChI is InChI=1S/C13H12BrN3O/c14-9-7-12(17(8-9)11-1-2-11)13(18)16-10-3-5-15-6-4-10/h3-8,11H,1-2H2,(H,15,16,18). The predicted molar refractivity (Wildman–Crippen MR) is 72.6 cm³/mol. The minimum Gasteiger partial charge on any atom is -0.339 e. The molecule has 0 radical (unpaired) electrons. The molecule has 1 saturated carbocycles. The zero-order valence-electron chi connectivity index (χ0n) is 9.64. The third-order valence-corrected chi connectivity index (χ3v) is 3.36. The molecular formula is C13H12BrN3O. The molecule has 1 fully saturated rings. The Bertz CT molecular complexity index is 575. The molecule has 0 aromatic carbocycles. The van der Waals surface area contributed by atoms with Crippen molar-refractivity contribution in [3.63, 3.8) is 0 Å². The molecule has 2 aromatic heterocycles. The number of anilines is 1. The molecule has 0 saturated heterocycles. The Kier molecular flexibility index (Phi) is 2.91. The van der Waals surface area contributed by atoms with Gasteiger partial charge in [-0.15, -0.1) is 0 Å². The van der Waals surface area contributed by atoms with Crippen LogP contribution in [0.3, 0.4) is 0 Å². The van der Waals surface area contributed by atoms with Crippen LogP contribution in [-0.2, 0) is 0 Å². The summed E-state index contributed by atoms with van der Waals surface area (Å²) in [5, 5.41) is 2.87. The van der Waals surface area contributed by atoms with Gasteiger partial charge in [-0.25, -0.2) is 0 Å². The van der Waals surface area contributed by atoms with E-state index in [-0.39, 0.29) is 5.91 Å². The van der Waals surface area contributed by atoms with Crippen LogP contribution in [0.25, 0.3) is 0 Å². The van der Waals surface area contributed by atoms with Gasteiger partial charge in [-0.2, -0.15) is 0 Å². The number of rotatable bonds is 3. The highest BCUT2D eigenvalue weighted by molar-refractivity contribution is 9.10. The Balaban J connectivity index is 1.84. The zero-order chi connectivity index (χ0) is 12.5. The van der Waals surface area contributed by atoms with Crippen LogP contribution in [0.2, 0.25) is 0 Å². The van der Waals surface area contributed by atoms with Gasteiger partial charge in [0.05, 0.1) is 0 Å². The van der Waals surface area contributed by atoms with Gasteiger partial charge in [-0.1, -0.05) is 0 Å². The van der Waals surface area contributed by atoms with E-state index in [0.717, 1.165) is 23.0 Å². The monoisotopic (exact) mass is 305 g/mol. The minimum absolute atomic E-state index is 0.0844. The summed E-state index contributed by atoms with van der Waals surface area (Å²) in [5.41, 5.74) is 1.45. The van der Waals surface area contributed by atoms with Crippen LogP contribution in [-0.4, -0.2) is 15.5 Å². The van der Waals surface area contributed by atoms with Crippen molar-refractivity contribution in [1.82, 2.24) is 9.55 Å². The SMILES string of the molecule is O=C(Nc1ccncc1)c1cc(Br)cn1C1CC1. The second-order valence-electron chi connectivity index (χ2n) is 4.37. The van der Waals surface area contributed by atoms with Gasteiger partial charge in [0, 0.05) is 34.8 Å². The Morgan fingerprint density at radius 2 is 2.11 bits per heavy atom. The van der Waals surface area contributed by atoms with Crippen LogP contribution in [0.1, 0.15) is 29.4 Å². The fourth-order valence-electron chi connectivity index (χ4n) is 1.91. The van der Waals surface area contributed by atoms with Crippen LogP contribution in [0, 0.1) is 0 Å². The molecule has 2 heterocycles. The lowest BCUT2D eigenvalue weighted by molar-refractivity contribution is 0.101. The van der Waals surface area contributed by atoms with E-state index in [1.165, 1.54) is 0 Å². The van der Waals surface area contributed by atoms with Gasteiger partial charge in [0.15, 0.2) is 0 Å². The van der Waals surface area contributed by atoms with Crippen molar-refractivity contribution in [3.8, 4) is 0 Å². The smallest absolute Gasteiger partial charge is 0.272 e. The Labute approximate surface area is 113 Å². The fourth-order valence-corrected chi connectivity index (χ4v) is 2.35. The number of hydrogen-bond donors (Lipinski definition) is 1. The number of carbonyl (C=O) groups is 1. The molecule has 0 unspecified atom stereocenters. The number of nitrogens with zero attached hydrogens (tertiary/aromatic N) is 2. The first-order valence-corrected chi connectivity index (χ1v) is 6.62. The van der Waals surface area contributed by atoms with Crippen molar-refractivity contribution >= 4 is 27.5 Å². The molecule has 18 heavy (non-hydrogen) atoms. The van der Waals surface area contributed by atoms with Crippen LogP contribution in [0.4, 0.5) is 5.69 Å². The molecule has 5 heteroatoms. The highest BCUT2D eigenvalue weighted by Crippen LogP contribution is 2.37. The van der Waals surface area contributed by atoms with Gasteiger partial charge >= 0.3 is 0 Å². The quantitative estimate of drug-likeness (QED) is 0.946. The van der Waals surface area contributed by atoms with Crippen LogP contribution >= 0.6 is 15.9 Å². The molecule has 2 aromatic rings. The lowest BCUT2D eigenvalue weighted by Gasteiger charge is -2.08. The summed E-state index contributed by atoms with van der Waals surface area (Å²) >= 11 is 3.42. The van der Waals surface area contributed by atoms with Gasteiger partial charge in [0.2, 0.25) is 0 Å². The van der Waals surface area contributed by atoms with E-state index in [4.69, 9.17) is 0 Å². The summed E-state index contributed by atoms with van der Waals surface area (Å²) in [7, 11) is 0. The molecule has 1 N–H and O–H groups in total. The van der Waals surface area contributed by atoms with E-state index in [1.54, 1.807) is 24.5 Å². The summed E-state index contributed by atoms with van der Waals surface area (Å²) < 4.78 is 2.98. The van der Waals surface area contributed by atoms with Crippen molar-refractivity contribution in [2.75, 3.05) is 5.32 Å². The Morgan fingerprint density at radius 1 is 1.39 bits per heavy atom. The average molecular weight is 306 g/mol. The second kappa shape index (κ2) is 4.57. The predicted octanol–water partition coefficient (Wildman–Crippen LogP) is 3.23. The summed E-state index contributed by atoms with van der Waals surface area (Å²) in [6, 6.07) is 5.89. The summed E-state index contributed by atoms with van der Waals surface area (Å²) in [6.07, 6.45) is 7.59. The van der Waals surface area contributed by atoms with Gasteiger partial charge in [-0.3, -0.25) is 9.78 Å². The number of amides is 1. The molecular weight excluding hydrogens is 294 g/mol. The van der Waals surface area contributed by atoms with Gasteiger partial charge in [0.1, 0.15) is 5.69 Å². The molecule has 1 amide bonds. The van der Waals surface area contributed by atoms with Gasteiger partial charge in [0.25, 0.3) is 5.91 Å². The normalized spacial score (nSPS) is 14.5. The van der Waals surface area contributed by atoms with Crippen molar-refractivity contribution in [2.45, 2.75) is 18.9 Å². The van der Waals surface area contributed by atoms with Crippen LogP contribution < -0.4 is 5.32 Å². The van der Waals surface area contributed by atoms with E-state index in [9.17, 15) is 4.79 Å². The molecule has 0 bridgehead atoms. The number of halogens is 1. The lowest BCUT2D eigenvalue weighted by Crippen LogP contribution is -2.16. The summed E-state index contributed by atoms with van der Waals surface area (Å²) in [5.74, 6) is -0.0844. The largest absolute Gasteiger partial charge is 0.339 e. The van der Waals surface area contributed by atoms with E-state index in [0.29, 0.717) is 11.7 Å². The highest BCUT2D eigenvalue weighted by atomic mass is 79.9. The maximum atomic E-state index is 12.2. The first-order valence-electron chi connectivity index (χ1n) is 5.83. The van der Waals surface area contributed by atoms with E-state index in [1.807, 2.05) is 16.8 Å². The third-order valence-electron chi connectivity index (χ3n) is 2.93. The van der Waals surface area contributed by atoms with E-state index < -0.39 is 0 Å². The Hall–Kier alpha value is -1.62. The Morgan fingerprint density at radius 3 is 2.78 bits per heavy atom. The van der Waals surface area contributed by atoms with Crippen LogP contribution in [0.5, 0.6) is 0 Å². The molecule has 0 spiro atoms. The molecule has 0 atom stereocenters. The van der Waals surface area contributed by atoms with Gasteiger partial charge < -0.3 is 9.88 Å². The highest BCUT2D eigenvalue weighted by Gasteiger charge is 2.27. The molecule has 4 nitrogen and oxygen atoms in total. The molecule has 92 valence electrons. The van der Waals surface area contributed by atoms with E-state index in [2.05, 4.69) is 26.2 Å². The summed E-state index contributed by atoms with van der Waals surface area (Å²) in [4.78, 5) is 16.1. The summed E-state index contributed by atoms with van der Waals surface area (Å²) in [6.45, 7) is 0. The minimum atomic E-state index is -0.0844. The zero-order valence-corrected chi connectivity index (χ0v) is 11.2. The van der Waals surface area contributed by atoms with Crippen molar-refractivity contribution in [3.05, 3.63) is 47.0 Å². The maximum Gasteiger partial charge on any atom is 0.272 e. The average Bonchev–Trinajstić information content (AvgIpc) is 3.13. The number of aromatic nitrogens is 2. The van der Waals surface area contributed by atoms with E-state index >= 15 is 0 Å². The number of pyridine rings is 1. The molecule has 0 aliphatic heterocycles. The lowest BCUT2D eigenvalue weighted by atomic mass is 10.3. The maximum absolute atomic E-state index is 12.2. The number of nitrogens with one attached hydrogen (secondary N) is 1. The van der Waals surface area contributed by atoms with Crippen LogP contribution in [0.15, 0.2) is 41.3 Å². The fraction of sp³-hybridized carbons (Fsp3) is 0.231. The number of hydrogen-bond acceptors (Lipinski definition) is 2. The molecule has 1 aliphatic rings. The van der Waals surface area contributed by atoms with Gasteiger partial charge in [-0.05, 0) is 47.0 Å². The molecule has 1 aliphatic carbocycles. The van der Waals surface area contributed by atoms with Crippen molar-refractivity contribution < 1.29 is 4.79 Å². The first kappa shape index (κ1) is 11.5. The second-order valence-corrected chi connectivity index (χ2v) is 5.29. The van der Waals surface area contributed by atoms with Crippen molar-refractivity contribution in [1.29, 1.82) is 0 Å². The third kappa shape index (κ3) is 2.31.